The van der Waals surface area contributed by atoms with Gasteiger partial charge < -0.3 is 34.4 Å². The van der Waals surface area contributed by atoms with E-state index in [1.807, 2.05) is 69.3 Å². The molecule has 0 atom stereocenters. The van der Waals surface area contributed by atoms with E-state index in [4.69, 9.17) is 47.5 Å². The van der Waals surface area contributed by atoms with Gasteiger partial charge in [0.2, 0.25) is 11.8 Å². The number of ether oxygens (including phenoxy) is 3. The monoisotopic (exact) mass is 791 g/mol. The topological polar surface area (TPSA) is 143 Å². The van der Waals surface area contributed by atoms with E-state index in [-0.39, 0.29) is 24.9 Å². The van der Waals surface area contributed by atoms with Gasteiger partial charge in [0, 0.05) is 78.7 Å². The lowest BCUT2D eigenvalue weighted by atomic mass is 9.99. The van der Waals surface area contributed by atoms with Gasteiger partial charge in [-0.15, -0.1) is 0 Å². The van der Waals surface area contributed by atoms with Gasteiger partial charge >= 0.3 is 12.1 Å². The number of nitrogens with zero attached hydrogens (tertiary/aromatic N) is 4. The number of nitrogens with one attached hydrogen (secondary N) is 1. The molecule has 1 aliphatic rings. The highest BCUT2D eigenvalue weighted by Gasteiger charge is 2.33. The summed E-state index contributed by atoms with van der Waals surface area (Å²) < 4.78 is 17.2. The third-order valence-electron chi connectivity index (χ3n) is 9.30. The third-order valence-corrected chi connectivity index (χ3v) is 10.1. The lowest BCUT2D eigenvalue weighted by Gasteiger charge is -2.39. The molecule has 4 aromatic rings. The summed E-state index contributed by atoms with van der Waals surface area (Å²) in [7, 11) is 3.11. The number of pyridine rings is 2. The van der Waals surface area contributed by atoms with Crippen molar-refractivity contribution in [2.24, 2.45) is 0 Å². The van der Waals surface area contributed by atoms with Crippen molar-refractivity contribution in [3.05, 3.63) is 82.0 Å². The maximum atomic E-state index is 13.5. The van der Waals surface area contributed by atoms with Gasteiger partial charge in [0.1, 0.15) is 11.4 Å². The second kappa shape index (κ2) is 18.1. The molecule has 2 aromatic carbocycles. The van der Waals surface area contributed by atoms with Crippen LogP contribution in [-0.2, 0) is 27.4 Å². The molecule has 0 spiro atoms. The Morgan fingerprint density at radius 1 is 0.945 bits per heavy atom. The number of aliphatic carboxylic acids is 1. The number of aromatic nitrogens is 2. The number of carboxylic acids is 1. The molecule has 1 fully saturated rings. The Kier molecular flexibility index (Phi) is 13.6. The highest BCUT2D eigenvalue weighted by molar-refractivity contribution is 6.39. The molecule has 0 unspecified atom stereocenters. The number of likely N-dealkylation sites (tertiary alicyclic amines) is 1. The number of carbonyl (C=O) groups is 3. The van der Waals surface area contributed by atoms with Crippen molar-refractivity contribution in [3.63, 3.8) is 0 Å². The zero-order chi connectivity index (χ0) is 39.9. The molecule has 1 saturated heterocycles. The molecule has 0 radical (unpaired) electrons. The summed E-state index contributed by atoms with van der Waals surface area (Å²) in [4.78, 5) is 49.3. The van der Waals surface area contributed by atoms with Crippen LogP contribution in [0.2, 0.25) is 10.0 Å². The van der Waals surface area contributed by atoms with Crippen LogP contribution in [0.3, 0.4) is 0 Å². The minimum atomic E-state index is -0.867. The Bertz CT molecular complexity index is 2030. The number of rotatable bonds is 13. The molecule has 1 aliphatic heterocycles. The lowest BCUT2D eigenvalue weighted by molar-refractivity contribution is -0.137. The number of methoxy groups -OCH3 is 2. The quantitative estimate of drug-likeness (QED) is 0.128. The number of amides is 2. The predicted molar refractivity (Wildman–Crippen MR) is 212 cm³/mol. The summed E-state index contributed by atoms with van der Waals surface area (Å²) in [5.74, 6) is 0.103. The van der Waals surface area contributed by atoms with Gasteiger partial charge in [0.05, 0.1) is 48.6 Å². The van der Waals surface area contributed by atoms with Gasteiger partial charge in [-0.25, -0.2) is 9.78 Å². The van der Waals surface area contributed by atoms with Crippen LogP contribution in [0.5, 0.6) is 11.6 Å². The minimum absolute atomic E-state index is 0.0181. The Labute approximate surface area is 331 Å². The first-order chi connectivity index (χ1) is 26.2. The SMILES string of the molecule is COc1cc(-c2nccc(-c3cccc(-c4ccc(CN(C(=O)OC(C)(C)C)C5CCN(C(C)=O)CC5)c(OC)n4)c3Cl)c2Cl)ccc1CNCCC(=O)O. The number of carboxylic acid groups (broad SMARTS) is 1. The summed E-state index contributed by atoms with van der Waals surface area (Å²) >= 11 is 14.2. The van der Waals surface area contributed by atoms with Crippen LogP contribution in [0.25, 0.3) is 33.6 Å². The Balaban J connectivity index is 1.42. The molecule has 0 bridgehead atoms. The van der Waals surface area contributed by atoms with Crippen molar-refractivity contribution in [1.82, 2.24) is 25.1 Å². The Hall–Kier alpha value is -4.91. The van der Waals surface area contributed by atoms with Crippen molar-refractivity contribution < 1.29 is 33.7 Å². The Morgan fingerprint density at radius 2 is 1.64 bits per heavy atom. The third kappa shape index (κ3) is 10.2. The summed E-state index contributed by atoms with van der Waals surface area (Å²) in [5.41, 5.74) is 4.70. The zero-order valence-corrected chi connectivity index (χ0v) is 33.5. The van der Waals surface area contributed by atoms with Crippen LogP contribution in [-0.4, -0.2) is 88.3 Å². The van der Waals surface area contributed by atoms with Crippen LogP contribution in [0, 0.1) is 0 Å². The van der Waals surface area contributed by atoms with E-state index in [9.17, 15) is 14.4 Å². The van der Waals surface area contributed by atoms with E-state index < -0.39 is 17.7 Å². The first-order valence-corrected chi connectivity index (χ1v) is 18.8. The lowest BCUT2D eigenvalue weighted by Crippen LogP contribution is -2.49. The van der Waals surface area contributed by atoms with Crippen LogP contribution < -0.4 is 14.8 Å². The van der Waals surface area contributed by atoms with E-state index in [2.05, 4.69) is 10.3 Å². The molecule has 5 rings (SSSR count). The van der Waals surface area contributed by atoms with Crippen molar-refractivity contribution in [2.75, 3.05) is 33.9 Å². The first-order valence-electron chi connectivity index (χ1n) is 18.0. The highest BCUT2D eigenvalue weighted by atomic mass is 35.5. The zero-order valence-electron chi connectivity index (χ0n) is 31.9. The second-order valence-electron chi connectivity index (χ2n) is 14.2. The van der Waals surface area contributed by atoms with Crippen LogP contribution in [0.4, 0.5) is 4.79 Å². The summed E-state index contributed by atoms with van der Waals surface area (Å²) in [5, 5.41) is 12.9. The molecular weight excluding hydrogens is 745 g/mol. The molecule has 2 aromatic heterocycles. The standard InChI is InChI=1S/C41H47Cl2N5O7/c1-25(49)47-20-16-29(17-21-47)48(40(52)55-41(2,3)4)24-28-12-13-33(46-39(28)54-6)32-9-7-8-30(36(32)42)31-14-19-45-38(37(31)43)26-10-11-27(34(22-26)53-5)23-44-18-15-35(50)51/h7-14,19,22,29,44H,15-18,20-21,23-24H2,1-6H3,(H,50,51). The van der Waals surface area contributed by atoms with Crippen molar-refractivity contribution in [1.29, 1.82) is 0 Å². The number of carbonyl (C=O) groups excluding carboxylic acids is 2. The molecular formula is C41H47Cl2N5O7. The fourth-order valence-corrected chi connectivity index (χ4v) is 7.15. The van der Waals surface area contributed by atoms with Gasteiger partial charge in [-0.3, -0.25) is 14.6 Å². The number of hydrogen-bond donors (Lipinski definition) is 2. The molecule has 0 aliphatic carbocycles. The average molecular weight is 793 g/mol. The number of hydrogen-bond acceptors (Lipinski definition) is 9. The number of halogens is 2. The fourth-order valence-electron chi connectivity index (χ4n) is 6.50. The van der Waals surface area contributed by atoms with Crippen LogP contribution in [0.15, 0.2) is 60.8 Å². The molecule has 2 amide bonds. The van der Waals surface area contributed by atoms with E-state index in [1.165, 1.54) is 7.11 Å². The van der Waals surface area contributed by atoms with Crippen molar-refractivity contribution in [2.45, 2.75) is 71.7 Å². The van der Waals surface area contributed by atoms with Gasteiger partial charge in [0.15, 0.2) is 0 Å². The smallest absolute Gasteiger partial charge is 0.410 e. The highest BCUT2D eigenvalue weighted by Crippen LogP contribution is 2.42. The fraction of sp³-hybridized carbons (Fsp3) is 0.390. The Morgan fingerprint density at radius 3 is 2.29 bits per heavy atom. The molecule has 14 heteroatoms. The van der Waals surface area contributed by atoms with Crippen LogP contribution >= 0.6 is 23.2 Å². The number of benzene rings is 2. The summed E-state index contributed by atoms with van der Waals surface area (Å²) in [6, 6.07) is 16.7. The van der Waals surface area contributed by atoms with Crippen molar-refractivity contribution >= 4 is 41.2 Å². The van der Waals surface area contributed by atoms with Crippen molar-refractivity contribution in [3.8, 4) is 45.3 Å². The normalized spacial score (nSPS) is 13.3. The van der Waals surface area contributed by atoms with Gasteiger partial charge in [-0.2, -0.15) is 0 Å². The van der Waals surface area contributed by atoms with E-state index in [1.54, 1.807) is 36.1 Å². The van der Waals surface area contributed by atoms with E-state index in [0.29, 0.717) is 94.3 Å². The van der Waals surface area contributed by atoms with Crippen LogP contribution in [0.1, 0.15) is 58.1 Å². The molecule has 0 saturated carbocycles. The second-order valence-corrected chi connectivity index (χ2v) is 15.0. The minimum Gasteiger partial charge on any atom is -0.496 e. The largest absolute Gasteiger partial charge is 0.496 e. The number of piperidine rings is 1. The molecule has 2 N–H and O–H groups in total. The molecule has 12 nitrogen and oxygen atoms in total. The van der Waals surface area contributed by atoms with E-state index >= 15 is 0 Å². The summed E-state index contributed by atoms with van der Waals surface area (Å²) in [6.07, 6.45) is 2.50. The van der Waals surface area contributed by atoms with Gasteiger partial charge in [-0.1, -0.05) is 53.5 Å². The molecule has 292 valence electrons. The maximum Gasteiger partial charge on any atom is 0.410 e. The first kappa shape index (κ1) is 41.3. The summed E-state index contributed by atoms with van der Waals surface area (Å²) in [6.45, 7) is 9.13. The molecule has 3 heterocycles. The predicted octanol–water partition coefficient (Wildman–Crippen LogP) is 8.11. The molecule has 55 heavy (non-hydrogen) atoms. The van der Waals surface area contributed by atoms with E-state index in [0.717, 1.165) is 11.1 Å². The van der Waals surface area contributed by atoms with Gasteiger partial charge in [0.25, 0.3) is 0 Å². The average Bonchev–Trinajstić information content (AvgIpc) is 3.15. The van der Waals surface area contributed by atoms with Gasteiger partial charge in [-0.05, 0) is 57.9 Å². The maximum absolute atomic E-state index is 13.5.